The molecular weight excluding hydrogens is 515 g/mol. The number of carboxylic acids is 1. The second-order valence-corrected chi connectivity index (χ2v) is 20.0. The van der Waals surface area contributed by atoms with Crippen molar-refractivity contribution in [3.63, 3.8) is 0 Å². The summed E-state index contributed by atoms with van der Waals surface area (Å²) in [6.45, 7) is 4.25. The first-order valence-corrected chi connectivity index (χ1v) is 18.9. The number of hydrogen-bond acceptors (Lipinski definition) is 4. The third-order valence-electron chi connectivity index (χ3n) is 7.05. The molecular formula is C29H33N2O3PSSi. The van der Waals surface area contributed by atoms with Crippen LogP contribution in [0.25, 0.3) is 0 Å². The van der Waals surface area contributed by atoms with E-state index in [1.165, 1.54) is 0 Å². The van der Waals surface area contributed by atoms with Crippen molar-refractivity contribution in [2.24, 2.45) is 5.41 Å². The molecule has 2 heterocycles. The van der Waals surface area contributed by atoms with E-state index in [2.05, 4.69) is 66.8 Å². The van der Waals surface area contributed by atoms with Crippen LogP contribution in [0.1, 0.15) is 0 Å². The topological polar surface area (TPSA) is 69.6 Å². The fraction of sp³-hybridized carbons (Fsp3) is 0.276. The van der Waals surface area contributed by atoms with E-state index in [9.17, 15) is 14.7 Å². The van der Waals surface area contributed by atoms with E-state index >= 15 is 0 Å². The van der Waals surface area contributed by atoms with Crippen LogP contribution in [0.3, 0.4) is 0 Å². The van der Waals surface area contributed by atoms with Gasteiger partial charge < -0.3 is 15.0 Å². The van der Waals surface area contributed by atoms with Crippen LogP contribution in [0.15, 0.2) is 91.0 Å². The van der Waals surface area contributed by atoms with Crippen LogP contribution in [-0.4, -0.2) is 59.6 Å². The first kappa shape index (κ1) is 26.1. The third-order valence-corrected chi connectivity index (χ3v) is 14.0. The Hall–Kier alpha value is -2.57. The highest BCUT2D eigenvalue weighted by Gasteiger charge is 2.57. The minimum atomic E-state index is -2.50. The molecule has 3 aromatic rings. The number of carboxylic acid groups (broad SMARTS) is 1. The molecule has 37 heavy (non-hydrogen) atoms. The third kappa shape index (κ3) is 4.74. The summed E-state index contributed by atoms with van der Waals surface area (Å²) in [6.07, 6.45) is 0. The molecule has 5 nitrogen and oxygen atoms in total. The molecule has 0 saturated carbocycles. The van der Waals surface area contributed by atoms with Gasteiger partial charge >= 0.3 is 5.97 Å². The molecule has 3 aromatic carbocycles. The van der Waals surface area contributed by atoms with Crippen molar-refractivity contribution < 1.29 is 14.7 Å². The van der Waals surface area contributed by atoms with Gasteiger partial charge in [-0.3, -0.25) is 9.59 Å². The first-order valence-electron chi connectivity index (χ1n) is 12.5. The molecule has 2 aliphatic rings. The van der Waals surface area contributed by atoms with E-state index in [-0.39, 0.29) is 23.9 Å². The van der Waals surface area contributed by atoms with Crippen LogP contribution in [-0.2, 0) is 9.59 Å². The van der Waals surface area contributed by atoms with Gasteiger partial charge in [0.15, 0.2) is 0 Å². The zero-order chi connectivity index (χ0) is 26.3. The molecule has 0 bridgehead atoms. The van der Waals surface area contributed by atoms with E-state index in [0.717, 1.165) is 15.9 Å². The molecule has 2 N–H and O–H groups in total. The molecule has 2 saturated heterocycles. The van der Waals surface area contributed by atoms with E-state index in [0.29, 0.717) is 5.75 Å². The van der Waals surface area contributed by atoms with Crippen LogP contribution in [0.2, 0.25) is 19.6 Å². The standard InChI is InChI=1S/C29H33N2O3PSSi/c1-37(2,3)30-25-26(32)31-19-29(28(33)34,21-36-27(25)31)20-35(22-13-7-4-8-14-22,23-15-9-5-10-16-23)24-17-11-6-12-18-24/h4-18,20,25,27,30H,19,21H2,1-3H3,(H,33,34)/t25?,27-,29?/m1/s1. The van der Waals surface area contributed by atoms with Crippen LogP contribution in [0.4, 0.5) is 0 Å². The fourth-order valence-corrected chi connectivity index (χ4v) is 12.6. The second-order valence-electron chi connectivity index (χ2n) is 10.9. The average Bonchev–Trinajstić information content (AvgIpc) is 2.91. The first-order chi connectivity index (χ1) is 17.7. The van der Waals surface area contributed by atoms with Gasteiger partial charge in [0, 0.05) is 12.3 Å². The number of benzene rings is 3. The molecule has 192 valence electrons. The molecule has 0 aliphatic carbocycles. The lowest BCUT2D eigenvalue weighted by Crippen LogP contribution is -2.75. The smallest absolute Gasteiger partial charge is 0.316 e. The van der Waals surface area contributed by atoms with E-state index in [4.69, 9.17) is 0 Å². The molecule has 0 radical (unpaired) electrons. The number of nitrogens with one attached hydrogen (secondary N) is 1. The average molecular weight is 549 g/mol. The number of hydrogen-bond donors (Lipinski definition) is 2. The van der Waals surface area contributed by atoms with Crippen molar-refractivity contribution in [3.05, 3.63) is 91.0 Å². The Labute approximate surface area is 224 Å². The normalized spacial score (nSPS) is 23.6. The van der Waals surface area contributed by atoms with Gasteiger partial charge in [0.05, 0.1) is 0 Å². The largest absolute Gasteiger partial charge is 0.481 e. The number of carbonyl (C=O) groups is 2. The summed E-state index contributed by atoms with van der Waals surface area (Å²) >= 11 is 1.60. The van der Waals surface area contributed by atoms with Crippen molar-refractivity contribution in [3.8, 4) is 0 Å². The molecule has 5 rings (SSSR count). The Morgan fingerprint density at radius 1 is 0.946 bits per heavy atom. The maximum atomic E-state index is 13.2. The Morgan fingerprint density at radius 3 is 1.81 bits per heavy atom. The van der Waals surface area contributed by atoms with Crippen molar-refractivity contribution in [2.45, 2.75) is 31.1 Å². The monoisotopic (exact) mass is 548 g/mol. The number of thioether (sulfide) groups is 1. The van der Waals surface area contributed by atoms with Gasteiger partial charge in [-0.25, -0.2) is 0 Å². The molecule has 8 heteroatoms. The summed E-state index contributed by atoms with van der Waals surface area (Å²) in [5.41, 5.74) is -1.18. The summed E-state index contributed by atoms with van der Waals surface area (Å²) in [5.74, 6) is 1.69. The zero-order valence-corrected chi connectivity index (χ0v) is 24.1. The summed E-state index contributed by atoms with van der Waals surface area (Å²) in [6, 6.07) is 30.6. The van der Waals surface area contributed by atoms with Gasteiger partial charge in [0.1, 0.15) is 25.1 Å². The predicted octanol–water partition coefficient (Wildman–Crippen LogP) is 3.56. The lowest BCUT2D eigenvalue weighted by atomic mass is 9.89. The minimum Gasteiger partial charge on any atom is -0.481 e. The van der Waals surface area contributed by atoms with Crippen LogP contribution < -0.4 is 20.9 Å². The Bertz CT molecular complexity index is 1240. The van der Waals surface area contributed by atoms with Crippen LogP contribution in [0, 0.1) is 5.41 Å². The highest BCUT2D eigenvalue weighted by Crippen LogP contribution is 2.50. The quantitative estimate of drug-likeness (QED) is 0.269. The Morgan fingerprint density at radius 2 is 1.41 bits per heavy atom. The van der Waals surface area contributed by atoms with E-state index in [1.807, 2.05) is 54.6 Å². The van der Waals surface area contributed by atoms with Crippen molar-refractivity contribution in [1.29, 1.82) is 0 Å². The number of amides is 1. The van der Waals surface area contributed by atoms with E-state index in [1.54, 1.807) is 16.7 Å². The molecule has 1 amide bonds. The fourth-order valence-electron chi connectivity index (χ4n) is 5.35. The molecule has 2 unspecified atom stereocenters. The number of aliphatic carboxylic acids is 1. The van der Waals surface area contributed by atoms with E-state index < -0.39 is 26.5 Å². The number of carbonyl (C=O) groups excluding carboxylic acids is 1. The van der Waals surface area contributed by atoms with Crippen molar-refractivity contribution >= 4 is 60.5 Å². The van der Waals surface area contributed by atoms with Gasteiger partial charge in [-0.1, -0.05) is 116 Å². The molecule has 0 aromatic heterocycles. The van der Waals surface area contributed by atoms with Gasteiger partial charge in [0.25, 0.3) is 0 Å². The second kappa shape index (κ2) is 9.95. The Kier molecular flexibility index (Phi) is 7.01. The zero-order valence-electron chi connectivity index (χ0n) is 21.4. The van der Waals surface area contributed by atoms with Gasteiger partial charge in [0.2, 0.25) is 5.91 Å². The number of β-lactam (4-membered cyclic amide) rings is 1. The Balaban J connectivity index is 1.70. The minimum absolute atomic E-state index is 0.0155. The summed E-state index contributed by atoms with van der Waals surface area (Å²) < 4.78 is 0. The summed E-state index contributed by atoms with van der Waals surface area (Å²) in [5, 5.41) is 14.1. The van der Waals surface area contributed by atoms with Crippen molar-refractivity contribution in [2.75, 3.05) is 12.3 Å². The SMILES string of the molecule is C[Si](C)(C)NC1C(=O)N2CC(C=P(c3ccccc3)(c3ccccc3)c3ccccc3)(C(=O)O)CS[C@H]12. The maximum absolute atomic E-state index is 13.2. The highest BCUT2D eigenvalue weighted by molar-refractivity contribution is 8.00. The van der Waals surface area contributed by atoms with Crippen LogP contribution >= 0.6 is 18.6 Å². The molecule has 2 fully saturated rings. The predicted molar refractivity (Wildman–Crippen MR) is 160 cm³/mol. The van der Waals surface area contributed by atoms with Gasteiger partial charge in [-0.05, 0) is 22.8 Å². The van der Waals surface area contributed by atoms with Crippen LogP contribution in [0.5, 0.6) is 0 Å². The summed E-state index contributed by atoms with van der Waals surface area (Å²) in [7, 11) is -1.67. The lowest BCUT2D eigenvalue weighted by Gasteiger charge is -2.55. The van der Waals surface area contributed by atoms with Crippen molar-refractivity contribution in [1.82, 2.24) is 9.88 Å². The lowest BCUT2D eigenvalue weighted by molar-refractivity contribution is -0.153. The molecule has 3 atom stereocenters. The summed E-state index contributed by atoms with van der Waals surface area (Å²) in [4.78, 5) is 31.7. The van der Waals surface area contributed by atoms with Gasteiger partial charge in [-0.2, -0.15) is 0 Å². The molecule has 2 aliphatic heterocycles. The molecule has 0 spiro atoms. The maximum Gasteiger partial charge on any atom is 0.316 e. The highest BCUT2D eigenvalue weighted by atomic mass is 32.2. The number of nitrogens with zero attached hydrogens (tertiary/aromatic N) is 1. The number of fused-ring (bicyclic) bond motifs is 1. The van der Waals surface area contributed by atoms with Gasteiger partial charge in [-0.15, -0.1) is 11.8 Å². The number of rotatable bonds is 7.